The van der Waals surface area contributed by atoms with E-state index in [0.29, 0.717) is 23.5 Å². The Morgan fingerprint density at radius 1 is 1.41 bits per heavy atom. The third kappa shape index (κ3) is 4.24. The molecule has 1 aliphatic rings. The number of thioether (sulfide) groups is 1. The molecule has 1 amide bonds. The molecule has 5 nitrogen and oxygen atoms in total. The van der Waals surface area contributed by atoms with Crippen molar-refractivity contribution in [3.05, 3.63) is 20.8 Å². The SMILES string of the molecule is CCn1c(SCC(=O)N[C@H](C)C(C)C)nc2sc3c(c2c1=O)CC[C@@H](C)C3. The zero-order valence-corrected chi connectivity index (χ0v) is 18.4. The van der Waals surface area contributed by atoms with Crippen LogP contribution in [0.3, 0.4) is 0 Å². The zero-order chi connectivity index (χ0) is 19.7. The highest BCUT2D eigenvalue weighted by atomic mass is 32.2. The molecule has 0 aromatic carbocycles. The summed E-state index contributed by atoms with van der Waals surface area (Å²) in [5.41, 5.74) is 1.26. The highest BCUT2D eigenvalue weighted by molar-refractivity contribution is 7.99. The van der Waals surface area contributed by atoms with Crippen molar-refractivity contribution in [2.24, 2.45) is 11.8 Å². The summed E-state index contributed by atoms with van der Waals surface area (Å²) >= 11 is 3.02. The van der Waals surface area contributed by atoms with E-state index in [0.717, 1.165) is 29.5 Å². The Morgan fingerprint density at radius 2 is 2.15 bits per heavy atom. The van der Waals surface area contributed by atoms with Crippen molar-refractivity contribution in [1.29, 1.82) is 0 Å². The highest BCUT2D eigenvalue weighted by Gasteiger charge is 2.24. The maximum Gasteiger partial charge on any atom is 0.263 e. The molecule has 1 N–H and O–H groups in total. The molecule has 148 valence electrons. The van der Waals surface area contributed by atoms with Gasteiger partial charge in [-0.05, 0) is 50.5 Å². The normalized spacial score (nSPS) is 17.9. The molecule has 0 unspecified atom stereocenters. The lowest BCUT2D eigenvalue weighted by molar-refractivity contribution is -0.119. The molecular weight excluding hydrogens is 378 g/mol. The van der Waals surface area contributed by atoms with Crippen molar-refractivity contribution in [1.82, 2.24) is 14.9 Å². The molecule has 27 heavy (non-hydrogen) atoms. The lowest BCUT2D eigenvalue weighted by Crippen LogP contribution is -2.37. The van der Waals surface area contributed by atoms with Crippen LogP contribution in [-0.2, 0) is 24.2 Å². The fraction of sp³-hybridized carbons (Fsp3) is 0.650. The fourth-order valence-corrected chi connectivity index (χ4v) is 5.68. The minimum atomic E-state index is -0.0162. The molecule has 2 aromatic rings. The first-order chi connectivity index (χ1) is 12.8. The van der Waals surface area contributed by atoms with Crippen LogP contribution in [0.5, 0.6) is 0 Å². The average Bonchev–Trinajstić information content (AvgIpc) is 2.97. The van der Waals surface area contributed by atoms with Crippen molar-refractivity contribution in [2.75, 3.05) is 5.75 Å². The number of amides is 1. The molecule has 0 radical (unpaired) electrons. The topological polar surface area (TPSA) is 64.0 Å². The number of hydrogen-bond donors (Lipinski definition) is 1. The molecule has 2 atom stereocenters. The van der Waals surface area contributed by atoms with Crippen LogP contribution in [0.25, 0.3) is 10.2 Å². The van der Waals surface area contributed by atoms with Crippen LogP contribution in [-0.4, -0.2) is 27.3 Å². The number of hydrogen-bond acceptors (Lipinski definition) is 5. The van der Waals surface area contributed by atoms with Crippen molar-refractivity contribution in [3.8, 4) is 0 Å². The molecule has 1 aliphatic carbocycles. The minimum Gasteiger partial charge on any atom is -0.353 e. The quantitative estimate of drug-likeness (QED) is 0.583. The first-order valence-electron chi connectivity index (χ1n) is 9.79. The van der Waals surface area contributed by atoms with Crippen molar-refractivity contribution >= 4 is 39.2 Å². The van der Waals surface area contributed by atoms with Crippen LogP contribution in [0.15, 0.2) is 9.95 Å². The predicted octanol–water partition coefficient (Wildman–Crippen LogP) is 3.86. The van der Waals surface area contributed by atoms with Crippen molar-refractivity contribution < 1.29 is 4.79 Å². The maximum absolute atomic E-state index is 13.1. The summed E-state index contributed by atoms with van der Waals surface area (Å²) in [6, 6.07) is 0.132. The summed E-state index contributed by atoms with van der Waals surface area (Å²) in [6.07, 6.45) is 3.15. The Bertz CT molecular complexity index is 901. The zero-order valence-electron chi connectivity index (χ0n) is 16.8. The van der Waals surface area contributed by atoms with Gasteiger partial charge < -0.3 is 5.32 Å². The summed E-state index contributed by atoms with van der Waals surface area (Å²) in [7, 11) is 0. The Morgan fingerprint density at radius 3 is 2.81 bits per heavy atom. The number of aromatic nitrogens is 2. The largest absolute Gasteiger partial charge is 0.353 e. The summed E-state index contributed by atoms with van der Waals surface area (Å²) in [5.74, 6) is 1.32. The van der Waals surface area contributed by atoms with Crippen LogP contribution in [0.2, 0.25) is 0 Å². The molecule has 2 heterocycles. The third-order valence-electron chi connectivity index (χ3n) is 5.42. The van der Waals surface area contributed by atoms with Gasteiger partial charge in [-0.2, -0.15) is 0 Å². The number of thiophene rings is 1. The van der Waals surface area contributed by atoms with E-state index in [1.807, 2.05) is 13.8 Å². The second-order valence-electron chi connectivity index (χ2n) is 7.86. The first kappa shape index (κ1) is 20.4. The Labute approximate surface area is 169 Å². The van der Waals surface area contributed by atoms with Gasteiger partial charge in [0, 0.05) is 17.5 Å². The van der Waals surface area contributed by atoms with Gasteiger partial charge >= 0.3 is 0 Å². The number of aryl methyl sites for hydroxylation is 1. The molecule has 7 heteroatoms. The molecule has 0 bridgehead atoms. The van der Waals surface area contributed by atoms with E-state index in [1.54, 1.807) is 15.9 Å². The van der Waals surface area contributed by atoms with Crippen LogP contribution in [0.1, 0.15) is 51.5 Å². The number of nitrogens with one attached hydrogen (secondary N) is 1. The van der Waals surface area contributed by atoms with Gasteiger partial charge in [0.15, 0.2) is 5.16 Å². The smallest absolute Gasteiger partial charge is 0.263 e. The lowest BCUT2D eigenvalue weighted by Gasteiger charge is -2.18. The number of carbonyl (C=O) groups excluding carboxylic acids is 1. The Balaban J connectivity index is 1.88. The van der Waals surface area contributed by atoms with Gasteiger partial charge in [-0.1, -0.05) is 32.5 Å². The molecule has 0 spiro atoms. The summed E-state index contributed by atoms with van der Waals surface area (Å²) < 4.78 is 1.72. The molecule has 2 aromatic heterocycles. The monoisotopic (exact) mass is 407 g/mol. The van der Waals surface area contributed by atoms with Gasteiger partial charge in [-0.25, -0.2) is 4.98 Å². The van der Waals surface area contributed by atoms with E-state index in [-0.39, 0.29) is 23.3 Å². The van der Waals surface area contributed by atoms with Crippen molar-refractivity contribution in [3.63, 3.8) is 0 Å². The van der Waals surface area contributed by atoms with Gasteiger partial charge in [0.1, 0.15) is 4.83 Å². The fourth-order valence-electron chi connectivity index (χ4n) is 3.39. The van der Waals surface area contributed by atoms with Crippen LogP contribution in [0, 0.1) is 11.8 Å². The summed E-state index contributed by atoms with van der Waals surface area (Å²) in [6.45, 7) is 11.0. The second kappa shape index (κ2) is 8.35. The van der Waals surface area contributed by atoms with Gasteiger partial charge in [0.2, 0.25) is 5.91 Å². The number of fused-ring (bicyclic) bond motifs is 3. The maximum atomic E-state index is 13.1. The van der Waals surface area contributed by atoms with Crippen LogP contribution >= 0.6 is 23.1 Å². The van der Waals surface area contributed by atoms with E-state index in [1.165, 1.54) is 22.2 Å². The molecule has 0 aliphatic heterocycles. The molecule has 0 fully saturated rings. The van der Waals surface area contributed by atoms with Gasteiger partial charge in [-0.3, -0.25) is 14.2 Å². The second-order valence-corrected chi connectivity index (χ2v) is 9.89. The van der Waals surface area contributed by atoms with Gasteiger partial charge in [-0.15, -0.1) is 11.3 Å². The molecular formula is C20H29N3O2S2. The molecule has 0 saturated carbocycles. The summed E-state index contributed by atoms with van der Waals surface area (Å²) in [5, 5.41) is 4.47. The number of rotatable bonds is 6. The predicted molar refractivity (Wildman–Crippen MR) is 114 cm³/mol. The van der Waals surface area contributed by atoms with Crippen LogP contribution < -0.4 is 10.9 Å². The Kier molecular flexibility index (Phi) is 6.31. The Hall–Kier alpha value is -1.34. The standard InChI is InChI=1S/C20H29N3O2S2/c1-6-23-19(25)17-14-8-7-12(4)9-15(14)27-18(17)22-20(23)26-10-16(24)21-13(5)11(2)3/h11-13H,6-10H2,1-5H3,(H,21,24)/t12-,13-/m1/s1. The van der Waals surface area contributed by atoms with E-state index in [9.17, 15) is 9.59 Å². The first-order valence-corrected chi connectivity index (χ1v) is 11.6. The highest BCUT2D eigenvalue weighted by Crippen LogP contribution is 2.36. The number of nitrogens with zero attached hydrogens (tertiary/aromatic N) is 2. The van der Waals surface area contributed by atoms with Crippen LogP contribution in [0.4, 0.5) is 0 Å². The number of carbonyl (C=O) groups is 1. The van der Waals surface area contributed by atoms with E-state index in [4.69, 9.17) is 4.98 Å². The van der Waals surface area contributed by atoms with E-state index < -0.39 is 0 Å². The summed E-state index contributed by atoms with van der Waals surface area (Å²) in [4.78, 5) is 32.3. The third-order valence-corrected chi connectivity index (χ3v) is 7.54. The molecule has 0 saturated heterocycles. The van der Waals surface area contributed by atoms with Crippen molar-refractivity contribution in [2.45, 2.75) is 71.6 Å². The van der Waals surface area contributed by atoms with E-state index in [2.05, 4.69) is 26.1 Å². The minimum absolute atomic E-state index is 0.0162. The lowest BCUT2D eigenvalue weighted by atomic mass is 9.89. The molecule has 3 rings (SSSR count). The van der Waals surface area contributed by atoms with E-state index >= 15 is 0 Å². The average molecular weight is 408 g/mol. The van der Waals surface area contributed by atoms with Gasteiger partial charge in [0.25, 0.3) is 5.56 Å². The van der Waals surface area contributed by atoms with Gasteiger partial charge in [0.05, 0.1) is 11.1 Å².